The SMILES string of the molecule is CC#CCc1ccc(O)cc1.COC(C)=O. The first kappa shape index (κ1) is 14.1. The van der Waals surface area contributed by atoms with Gasteiger partial charge in [0.05, 0.1) is 7.11 Å². The third kappa shape index (κ3) is 7.45. The Morgan fingerprint density at radius 2 is 1.88 bits per heavy atom. The summed E-state index contributed by atoms with van der Waals surface area (Å²) in [6, 6.07) is 7.10. The van der Waals surface area contributed by atoms with Crippen LogP contribution in [0.3, 0.4) is 0 Å². The average molecular weight is 220 g/mol. The number of esters is 1. The molecular weight excluding hydrogens is 204 g/mol. The summed E-state index contributed by atoms with van der Waals surface area (Å²) in [5, 5.41) is 8.95. The van der Waals surface area contributed by atoms with Crippen LogP contribution in [0, 0.1) is 11.8 Å². The average Bonchev–Trinajstić information content (AvgIpc) is 2.29. The molecule has 0 aliphatic rings. The van der Waals surface area contributed by atoms with Gasteiger partial charge in [0.1, 0.15) is 5.75 Å². The van der Waals surface area contributed by atoms with Gasteiger partial charge < -0.3 is 9.84 Å². The Kier molecular flexibility index (Phi) is 7.35. The van der Waals surface area contributed by atoms with Crippen LogP contribution in [0.25, 0.3) is 0 Å². The van der Waals surface area contributed by atoms with E-state index in [1.54, 1.807) is 12.1 Å². The molecular formula is C13H16O3. The lowest BCUT2D eigenvalue weighted by molar-refractivity contribution is -0.137. The fourth-order valence-electron chi connectivity index (χ4n) is 0.804. The van der Waals surface area contributed by atoms with E-state index in [1.165, 1.54) is 14.0 Å². The standard InChI is InChI=1S/C10H10O.C3H6O2/c1-2-3-4-9-5-7-10(11)8-6-9;1-3(4)5-2/h5-8,11H,4H2,1H3;1-2H3. The molecule has 0 aliphatic heterocycles. The predicted octanol–water partition coefficient (Wildman–Crippen LogP) is 2.14. The van der Waals surface area contributed by atoms with Crippen LogP contribution in [-0.2, 0) is 16.0 Å². The summed E-state index contributed by atoms with van der Waals surface area (Å²) < 4.78 is 4.11. The lowest BCUT2D eigenvalue weighted by Gasteiger charge is -1.93. The van der Waals surface area contributed by atoms with Crippen molar-refractivity contribution in [3.63, 3.8) is 0 Å². The van der Waals surface area contributed by atoms with E-state index in [9.17, 15) is 4.79 Å². The minimum atomic E-state index is -0.245. The summed E-state index contributed by atoms with van der Waals surface area (Å²) in [5.74, 6) is 5.83. The highest BCUT2D eigenvalue weighted by molar-refractivity contribution is 5.65. The maximum absolute atomic E-state index is 9.59. The highest BCUT2D eigenvalue weighted by Crippen LogP contribution is 2.09. The summed E-state index contributed by atoms with van der Waals surface area (Å²) in [7, 11) is 1.35. The molecule has 0 fully saturated rings. The second kappa shape index (κ2) is 8.37. The van der Waals surface area contributed by atoms with Gasteiger partial charge in [0.15, 0.2) is 0 Å². The summed E-state index contributed by atoms with van der Waals surface area (Å²) in [6.07, 6.45) is 0.761. The van der Waals surface area contributed by atoms with Crippen molar-refractivity contribution >= 4 is 5.97 Å². The number of benzene rings is 1. The molecule has 1 aromatic carbocycles. The Balaban J connectivity index is 0.000000385. The zero-order chi connectivity index (χ0) is 12.4. The first-order chi connectivity index (χ1) is 7.60. The van der Waals surface area contributed by atoms with Gasteiger partial charge in [-0.3, -0.25) is 4.79 Å². The summed E-state index contributed by atoms with van der Waals surface area (Å²) in [5.41, 5.74) is 1.14. The van der Waals surface area contributed by atoms with Gasteiger partial charge in [0, 0.05) is 13.3 Å². The Morgan fingerprint density at radius 3 is 2.25 bits per heavy atom. The van der Waals surface area contributed by atoms with Gasteiger partial charge in [-0.15, -0.1) is 5.92 Å². The van der Waals surface area contributed by atoms with Crippen LogP contribution >= 0.6 is 0 Å². The number of methoxy groups -OCH3 is 1. The van der Waals surface area contributed by atoms with Crippen LogP contribution < -0.4 is 0 Å². The molecule has 0 amide bonds. The maximum Gasteiger partial charge on any atom is 0.302 e. The van der Waals surface area contributed by atoms with Crippen molar-refractivity contribution < 1.29 is 14.6 Å². The molecule has 0 unspecified atom stereocenters. The van der Waals surface area contributed by atoms with E-state index in [0.717, 1.165) is 12.0 Å². The first-order valence-corrected chi connectivity index (χ1v) is 4.82. The van der Waals surface area contributed by atoms with Crippen molar-refractivity contribution in [3.8, 4) is 17.6 Å². The number of carbonyl (C=O) groups excluding carboxylic acids is 1. The van der Waals surface area contributed by atoms with E-state index in [4.69, 9.17) is 5.11 Å². The Morgan fingerprint density at radius 1 is 1.38 bits per heavy atom. The number of phenolic OH excluding ortho intramolecular Hbond substituents is 1. The number of rotatable bonds is 1. The van der Waals surface area contributed by atoms with Crippen LogP contribution in [0.5, 0.6) is 5.75 Å². The third-order valence-corrected chi connectivity index (χ3v) is 1.69. The Labute approximate surface area is 96.1 Å². The Hall–Kier alpha value is -1.95. The number of carbonyl (C=O) groups is 1. The molecule has 3 nitrogen and oxygen atoms in total. The molecule has 0 radical (unpaired) electrons. The van der Waals surface area contributed by atoms with Gasteiger partial charge in [-0.05, 0) is 24.6 Å². The van der Waals surface area contributed by atoms with E-state index in [-0.39, 0.29) is 5.97 Å². The van der Waals surface area contributed by atoms with Gasteiger partial charge in [0.25, 0.3) is 0 Å². The molecule has 1 rings (SSSR count). The zero-order valence-corrected chi connectivity index (χ0v) is 9.78. The fourth-order valence-corrected chi connectivity index (χ4v) is 0.804. The van der Waals surface area contributed by atoms with Crippen molar-refractivity contribution in [1.82, 2.24) is 0 Å². The summed E-state index contributed by atoms with van der Waals surface area (Å²) >= 11 is 0. The van der Waals surface area contributed by atoms with Gasteiger partial charge in [-0.2, -0.15) is 0 Å². The molecule has 0 atom stereocenters. The molecule has 0 saturated carbocycles. The van der Waals surface area contributed by atoms with Gasteiger partial charge in [0.2, 0.25) is 0 Å². The molecule has 3 heteroatoms. The second-order valence-electron chi connectivity index (χ2n) is 2.97. The smallest absolute Gasteiger partial charge is 0.302 e. The molecule has 86 valence electrons. The molecule has 1 aromatic rings. The topological polar surface area (TPSA) is 46.5 Å². The van der Waals surface area contributed by atoms with E-state index < -0.39 is 0 Å². The highest BCUT2D eigenvalue weighted by Gasteiger charge is 1.88. The van der Waals surface area contributed by atoms with Gasteiger partial charge in [-0.25, -0.2) is 0 Å². The van der Waals surface area contributed by atoms with Crippen LogP contribution in [0.4, 0.5) is 0 Å². The van der Waals surface area contributed by atoms with Crippen molar-refractivity contribution in [2.75, 3.05) is 7.11 Å². The summed E-state index contributed by atoms with van der Waals surface area (Å²) in [4.78, 5) is 9.59. The monoisotopic (exact) mass is 220 g/mol. The normalized spacial score (nSPS) is 7.94. The van der Waals surface area contributed by atoms with Crippen molar-refractivity contribution in [2.24, 2.45) is 0 Å². The Bertz CT molecular complexity index is 368. The minimum Gasteiger partial charge on any atom is -0.508 e. The lowest BCUT2D eigenvalue weighted by atomic mass is 10.1. The number of aromatic hydroxyl groups is 1. The van der Waals surface area contributed by atoms with Crippen LogP contribution in [0.15, 0.2) is 24.3 Å². The highest BCUT2D eigenvalue weighted by atomic mass is 16.5. The van der Waals surface area contributed by atoms with E-state index in [1.807, 2.05) is 19.1 Å². The van der Waals surface area contributed by atoms with E-state index in [2.05, 4.69) is 16.6 Å². The van der Waals surface area contributed by atoms with Crippen molar-refractivity contribution in [2.45, 2.75) is 20.3 Å². The molecule has 16 heavy (non-hydrogen) atoms. The molecule has 0 aromatic heterocycles. The zero-order valence-electron chi connectivity index (χ0n) is 9.78. The fraction of sp³-hybridized carbons (Fsp3) is 0.308. The molecule has 0 aliphatic carbocycles. The number of phenols is 1. The largest absolute Gasteiger partial charge is 0.508 e. The first-order valence-electron chi connectivity index (χ1n) is 4.82. The van der Waals surface area contributed by atoms with Crippen LogP contribution in [0.2, 0.25) is 0 Å². The number of hydrogen-bond acceptors (Lipinski definition) is 3. The summed E-state index contributed by atoms with van der Waals surface area (Å²) in [6.45, 7) is 3.18. The lowest BCUT2D eigenvalue weighted by Crippen LogP contribution is -1.88. The van der Waals surface area contributed by atoms with E-state index >= 15 is 0 Å². The van der Waals surface area contributed by atoms with Gasteiger partial charge in [-0.1, -0.05) is 18.1 Å². The molecule has 0 spiro atoms. The van der Waals surface area contributed by atoms with E-state index in [0.29, 0.717) is 5.75 Å². The number of hydrogen-bond donors (Lipinski definition) is 1. The molecule has 0 bridgehead atoms. The second-order valence-corrected chi connectivity index (χ2v) is 2.97. The van der Waals surface area contributed by atoms with Crippen LogP contribution in [-0.4, -0.2) is 18.2 Å². The predicted molar refractivity (Wildman–Crippen MR) is 63.0 cm³/mol. The van der Waals surface area contributed by atoms with Crippen molar-refractivity contribution in [1.29, 1.82) is 0 Å². The number of ether oxygens (including phenoxy) is 1. The third-order valence-electron chi connectivity index (χ3n) is 1.69. The maximum atomic E-state index is 9.59. The molecule has 0 heterocycles. The van der Waals surface area contributed by atoms with Crippen LogP contribution in [0.1, 0.15) is 19.4 Å². The van der Waals surface area contributed by atoms with Crippen molar-refractivity contribution in [3.05, 3.63) is 29.8 Å². The molecule has 1 N–H and O–H groups in total. The van der Waals surface area contributed by atoms with Gasteiger partial charge >= 0.3 is 5.97 Å². The minimum absolute atomic E-state index is 0.245. The molecule has 0 saturated heterocycles. The quantitative estimate of drug-likeness (QED) is 0.582.